The van der Waals surface area contributed by atoms with Crippen molar-refractivity contribution in [3.05, 3.63) is 0 Å². The summed E-state index contributed by atoms with van der Waals surface area (Å²) >= 11 is 0. The van der Waals surface area contributed by atoms with E-state index in [4.69, 9.17) is 0 Å². The number of piperidine rings is 1. The molecule has 0 unspecified atom stereocenters. The van der Waals surface area contributed by atoms with E-state index >= 15 is 0 Å². The predicted molar refractivity (Wildman–Crippen MR) is 67.1 cm³/mol. The summed E-state index contributed by atoms with van der Waals surface area (Å²) in [6.45, 7) is 7.57. The summed E-state index contributed by atoms with van der Waals surface area (Å²) in [7, 11) is 0. The molecule has 0 aromatic carbocycles. The highest BCUT2D eigenvalue weighted by Gasteiger charge is 2.42. The molecule has 0 spiro atoms. The largest absolute Gasteiger partial charge is 0.481 e. The first kappa shape index (κ1) is 12.8. The molecule has 2 rings (SSSR count). The van der Waals surface area contributed by atoms with Crippen LogP contribution in [-0.2, 0) is 4.79 Å². The van der Waals surface area contributed by atoms with Gasteiger partial charge in [0.05, 0.1) is 6.42 Å². The van der Waals surface area contributed by atoms with E-state index in [0.717, 1.165) is 45.6 Å². The van der Waals surface area contributed by atoms with Crippen LogP contribution in [0, 0.1) is 0 Å². The standard InChI is InChI=1S/C13H24N2O2/c1-2-14-9-5-13(6-10-14,11-12(16)17)15-7-3-4-8-15/h2-11H2,1H3,(H,16,17). The van der Waals surface area contributed by atoms with Crippen LogP contribution in [-0.4, -0.2) is 59.1 Å². The average Bonchev–Trinajstić information content (AvgIpc) is 2.83. The van der Waals surface area contributed by atoms with Gasteiger partial charge in [-0.3, -0.25) is 9.69 Å². The van der Waals surface area contributed by atoms with Crippen LogP contribution in [0.5, 0.6) is 0 Å². The Labute approximate surface area is 104 Å². The van der Waals surface area contributed by atoms with Gasteiger partial charge in [-0.05, 0) is 58.4 Å². The summed E-state index contributed by atoms with van der Waals surface area (Å²) in [6.07, 6.45) is 4.84. The molecule has 2 aliphatic heterocycles. The first-order valence-electron chi connectivity index (χ1n) is 6.85. The number of hydrogen-bond acceptors (Lipinski definition) is 3. The van der Waals surface area contributed by atoms with Crippen molar-refractivity contribution in [2.75, 3.05) is 32.7 Å². The van der Waals surface area contributed by atoms with Crippen LogP contribution in [0.3, 0.4) is 0 Å². The Morgan fingerprint density at radius 2 is 1.76 bits per heavy atom. The molecule has 2 saturated heterocycles. The first-order chi connectivity index (χ1) is 8.16. The zero-order valence-electron chi connectivity index (χ0n) is 10.8. The van der Waals surface area contributed by atoms with Gasteiger partial charge in [-0.2, -0.15) is 0 Å². The van der Waals surface area contributed by atoms with E-state index < -0.39 is 5.97 Å². The molecule has 1 N–H and O–H groups in total. The Hall–Kier alpha value is -0.610. The molecule has 17 heavy (non-hydrogen) atoms. The number of hydrogen-bond donors (Lipinski definition) is 1. The molecule has 0 radical (unpaired) electrons. The highest BCUT2D eigenvalue weighted by Crippen LogP contribution is 2.34. The lowest BCUT2D eigenvalue weighted by atomic mass is 9.82. The summed E-state index contributed by atoms with van der Waals surface area (Å²) in [4.78, 5) is 16.0. The third-order valence-corrected chi connectivity index (χ3v) is 4.49. The second-order valence-electron chi connectivity index (χ2n) is 5.42. The molecule has 0 amide bonds. The van der Waals surface area contributed by atoms with Crippen molar-refractivity contribution in [2.24, 2.45) is 0 Å². The predicted octanol–water partition coefficient (Wildman–Crippen LogP) is 1.41. The van der Waals surface area contributed by atoms with Crippen LogP contribution in [0.2, 0.25) is 0 Å². The van der Waals surface area contributed by atoms with Crippen LogP contribution >= 0.6 is 0 Å². The van der Waals surface area contributed by atoms with Gasteiger partial charge in [0.1, 0.15) is 0 Å². The van der Waals surface area contributed by atoms with Crippen LogP contribution < -0.4 is 0 Å². The highest BCUT2D eigenvalue weighted by molar-refractivity contribution is 5.68. The minimum atomic E-state index is -0.637. The maximum Gasteiger partial charge on any atom is 0.305 e. The quantitative estimate of drug-likeness (QED) is 0.807. The zero-order chi connectivity index (χ0) is 12.3. The van der Waals surface area contributed by atoms with Crippen LogP contribution in [0.15, 0.2) is 0 Å². The van der Waals surface area contributed by atoms with E-state index in [1.165, 1.54) is 12.8 Å². The number of carboxylic acid groups (broad SMARTS) is 1. The fourth-order valence-electron chi connectivity index (χ4n) is 3.36. The van der Waals surface area contributed by atoms with Crippen molar-refractivity contribution in [3.63, 3.8) is 0 Å². The second kappa shape index (κ2) is 5.36. The van der Waals surface area contributed by atoms with Crippen molar-refractivity contribution < 1.29 is 9.90 Å². The summed E-state index contributed by atoms with van der Waals surface area (Å²) < 4.78 is 0. The van der Waals surface area contributed by atoms with E-state index in [9.17, 15) is 9.90 Å². The average molecular weight is 240 g/mol. The summed E-state index contributed by atoms with van der Waals surface area (Å²) in [6, 6.07) is 0. The molecular weight excluding hydrogens is 216 g/mol. The molecule has 4 nitrogen and oxygen atoms in total. The molecular formula is C13H24N2O2. The van der Waals surface area contributed by atoms with E-state index in [1.54, 1.807) is 0 Å². The Bertz CT molecular complexity index is 267. The minimum absolute atomic E-state index is 0.0476. The number of nitrogens with zero attached hydrogens (tertiary/aromatic N) is 2. The topological polar surface area (TPSA) is 43.8 Å². The van der Waals surface area contributed by atoms with E-state index in [1.807, 2.05) is 0 Å². The molecule has 0 atom stereocenters. The summed E-state index contributed by atoms with van der Waals surface area (Å²) in [5.41, 5.74) is -0.0476. The van der Waals surface area contributed by atoms with Gasteiger partial charge in [-0.1, -0.05) is 6.92 Å². The lowest BCUT2D eigenvalue weighted by molar-refractivity contribution is -0.141. The fraction of sp³-hybridized carbons (Fsp3) is 0.923. The molecule has 2 fully saturated rings. The highest BCUT2D eigenvalue weighted by atomic mass is 16.4. The van der Waals surface area contributed by atoms with Gasteiger partial charge in [0.25, 0.3) is 0 Å². The van der Waals surface area contributed by atoms with Crippen LogP contribution in [0.4, 0.5) is 0 Å². The van der Waals surface area contributed by atoms with Crippen LogP contribution in [0.1, 0.15) is 39.0 Å². The van der Waals surface area contributed by atoms with E-state index in [-0.39, 0.29) is 5.54 Å². The normalized spacial score (nSPS) is 26.2. The van der Waals surface area contributed by atoms with Gasteiger partial charge in [0, 0.05) is 5.54 Å². The van der Waals surface area contributed by atoms with Gasteiger partial charge in [-0.25, -0.2) is 0 Å². The minimum Gasteiger partial charge on any atom is -0.481 e. The Kier molecular flexibility index (Phi) is 4.05. The summed E-state index contributed by atoms with van der Waals surface area (Å²) in [5, 5.41) is 9.17. The van der Waals surface area contributed by atoms with Crippen LogP contribution in [0.25, 0.3) is 0 Å². The lowest BCUT2D eigenvalue weighted by Gasteiger charge is -2.46. The SMILES string of the molecule is CCN1CCC(CC(=O)O)(N2CCCC2)CC1. The van der Waals surface area contributed by atoms with Crippen molar-refractivity contribution >= 4 is 5.97 Å². The van der Waals surface area contributed by atoms with Gasteiger partial charge < -0.3 is 10.0 Å². The summed E-state index contributed by atoms with van der Waals surface area (Å²) in [5.74, 6) is -0.637. The van der Waals surface area contributed by atoms with Gasteiger partial charge in [0.2, 0.25) is 0 Å². The number of carboxylic acids is 1. The van der Waals surface area contributed by atoms with Crippen molar-refractivity contribution in [3.8, 4) is 0 Å². The van der Waals surface area contributed by atoms with Crippen molar-refractivity contribution in [1.29, 1.82) is 0 Å². The molecule has 98 valence electrons. The number of rotatable bonds is 4. The van der Waals surface area contributed by atoms with Crippen molar-refractivity contribution in [1.82, 2.24) is 9.80 Å². The number of carbonyl (C=O) groups is 1. The fourth-order valence-corrected chi connectivity index (χ4v) is 3.36. The molecule has 0 aliphatic carbocycles. The smallest absolute Gasteiger partial charge is 0.305 e. The second-order valence-corrected chi connectivity index (χ2v) is 5.42. The van der Waals surface area contributed by atoms with E-state index in [0.29, 0.717) is 6.42 Å². The monoisotopic (exact) mass is 240 g/mol. The molecule has 2 aliphatic rings. The van der Waals surface area contributed by atoms with Gasteiger partial charge >= 0.3 is 5.97 Å². The molecule has 0 saturated carbocycles. The molecule has 2 heterocycles. The maximum absolute atomic E-state index is 11.1. The molecule has 4 heteroatoms. The van der Waals surface area contributed by atoms with Crippen molar-refractivity contribution in [2.45, 2.75) is 44.6 Å². The Balaban J connectivity index is 2.05. The maximum atomic E-state index is 11.1. The molecule has 0 bridgehead atoms. The third kappa shape index (κ3) is 2.80. The first-order valence-corrected chi connectivity index (χ1v) is 6.85. The molecule has 0 aromatic rings. The lowest BCUT2D eigenvalue weighted by Crippen LogP contribution is -2.55. The van der Waals surface area contributed by atoms with Gasteiger partial charge in [-0.15, -0.1) is 0 Å². The van der Waals surface area contributed by atoms with E-state index in [2.05, 4.69) is 16.7 Å². The van der Waals surface area contributed by atoms with Gasteiger partial charge in [0.15, 0.2) is 0 Å². The number of aliphatic carboxylic acids is 1. The zero-order valence-corrected chi connectivity index (χ0v) is 10.8. The number of likely N-dealkylation sites (tertiary alicyclic amines) is 2. The third-order valence-electron chi connectivity index (χ3n) is 4.49. The Morgan fingerprint density at radius 3 is 2.24 bits per heavy atom. The molecule has 0 aromatic heterocycles. The Morgan fingerprint density at radius 1 is 1.18 bits per heavy atom.